The Morgan fingerprint density at radius 1 is 1.59 bits per heavy atom. The minimum Gasteiger partial charge on any atom is -0.367 e. The van der Waals surface area contributed by atoms with E-state index in [4.69, 9.17) is 29.5 Å². The van der Waals surface area contributed by atoms with Crippen molar-refractivity contribution in [2.45, 2.75) is 25.3 Å². The molecule has 2 N–H and O–H groups in total. The summed E-state index contributed by atoms with van der Waals surface area (Å²) in [6.07, 6.45) is -6.50. The lowest BCUT2D eigenvalue weighted by atomic mass is 10.0. The predicted octanol–water partition coefficient (Wildman–Crippen LogP) is 3.92. The minimum absolute atomic E-state index is 0.0111. The van der Waals surface area contributed by atoms with Crippen LogP contribution in [0.2, 0.25) is 7.16 Å². The molecule has 6 nitrogen and oxygen atoms in total. The molecule has 3 aromatic rings. The summed E-state index contributed by atoms with van der Waals surface area (Å²) < 4.78 is 121. The quantitative estimate of drug-likeness (QED) is 0.621. The Morgan fingerprint density at radius 2 is 2.41 bits per heavy atom. The molecule has 2 aromatic heterocycles. The van der Waals surface area contributed by atoms with Crippen molar-refractivity contribution in [2.24, 2.45) is 0 Å². The van der Waals surface area contributed by atoms with E-state index in [-0.39, 0.29) is 31.5 Å². The highest BCUT2D eigenvalue weighted by Crippen LogP contribution is 2.32. The molecule has 9 heteroatoms. The van der Waals surface area contributed by atoms with Crippen LogP contribution in [0.15, 0.2) is 30.5 Å². The average Bonchev–Trinajstić information content (AvgIpc) is 3.16. The summed E-state index contributed by atoms with van der Waals surface area (Å²) in [5.41, 5.74) is -1.00. The zero-order valence-electron chi connectivity index (χ0n) is 27.5. The van der Waals surface area contributed by atoms with Gasteiger partial charge in [0.25, 0.3) is 5.91 Å². The number of carbonyl (C=O) groups excluding carboxylic acids is 1. The molecular formula is C20H21ClFN5OS. The average molecular weight is 447 g/mol. The summed E-state index contributed by atoms with van der Waals surface area (Å²) in [4.78, 5) is 21.0. The molecule has 1 fully saturated rings. The van der Waals surface area contributed by atoms with Gasteiger partial charge in [0.2, 0.25) is 0 Å². The molecule has 1 unspecified atom stereocenters. The number of fused-ring (bicyclic) bond motifs is 1. The summed E-state index contributed by atoms with van der Waals surface area (Å²) in [7, 11) is 0. The number of amides is 1. The van der Waals surface area contributed by atoms with E-state index < -0.39 is 80.1 Å². The normalized spacial score (nSPS) is 28.1. The van der Waals surface area contributed by atoms with Crippen LogP contribution >= 0.6 is 22.9 Å². The number of carbonyl (C=O) groups is 1. The van der Waals surface area contributed by atoms with Crippen molar-refractivity contribution in [3.8, 4) is 0 Å². The second kappa shape index (κ2) is 8.61. The Labute approximate surface area is 195 Å². The highest BCUT2D eigenvalue weighted by molar-refractivity contribution is 7.22. The predicted molar refractivity (Wildman–Crippen MR) is 114 cm³/mol. The largest absolute Gasteiger partial charge is 0.367 e. The molecule has 0 radical (unpaired) electrons. The first kappa shape index (κ1) is 9.68. The van der Waals surface area contributed by atoms with Crippen LogP contribution in [0.1, 0.15) is 43.7 Å². The lowest BCUT2D eigenvalue weighted by molar-refractivity contribution is 0.0959. The highest BCUT2D eigenvalue weighted by atomic mass is 35.5. The van der Waals surface area contributed by atoms with Crippen molar-refractivity contribution in [3.05, 3.63) is 51.8 Å². The van der Waals surface area contributed by atoms with E-state index in [9.17, 15) is 9.18 Å². The Morgan fingerprint density at radius 3 is 3.21 bits per heavy atom. The number of halogens is 2. The molecule has 0 saturated carbocycles. The molecule has 0 bridgehead atoms. The number of rotatable bonds is 5. The van der Waals surface area contributed by atoms with Gasteiger partial charge in [0.1, 0.15) is 24.1 Å². The number of anilines is 1. The van der Waals surface area contributed by atoms with Gasteiger partial charge in [-0.2, -0.15) is 0 Å². The number of hydrogen-bond donors (Lipinski definition) is 2. The van der Waals surface area contributed by atoms with Crippen molar-refractivity contribution < 1.29 is 27.1 Å². The van der Waals surface area contributed by atoms with Gasteiger partial charge in [0.15, 0.2) is 2.82 Å². The molecule has 1 amide bonds. The third kappa shape index (κ3) is 4.49. The van der Waals surface area contributed by atoms with Crippen LogP contribution < -0.4 is 10.6 Å². The molecule has 1 aliphatic heterocycles. The van der Waals surface area contributed by atoms with E-state index in [0.29, 0.717) is 0 Å². The minimum atomic E-state index is -3.20. The lowest BCUT2D eigenvalue weighted by Gasteiger charge is -2.32. The number of nitrogens with zero attached hydrogens (tertiary/aromatic N) is 3. The molecule has 1 aliphatic rings. The molecule has 0 aliphatic carbocycles. The van der Waals surface area contributed by atoms with Crippen LogP contribution in [0, 0.1) is 5.82 Å². The summed E-state index contributed by atoms with van der Waals surface area (Å²) in [6, 6.07) is -0.768. The first-order chi connectivity index (χ1) is 19.1. The molecule has 1 atom stereocenters. The molecule has 29 heavy (non-hydrogen) atoms. The van der Waals surface area contributed by atoms with Crippen molar-refractivity contribution in [1.82, 2.24) is 20.2 Å². The molecule has 3 heterocycles. The van der Waals surface area contributed by atoms with Gasteiger partial charge >= 0.3 is 0 Å². The third-order valence-electron chi connectivity index (χ3n) is 3.93. The molecule has 1 saturated heterocycles. The van der Waals surface area contributed by atoms with Gasteiger partial charge in [-0.25, -0.2) is 14.4 Å². The van der Waals surface area contributed by atoms with E-state index in [1.165, 1.54) is 0 Å². The van der Waals surface area contributed by atoms with Crippen LogP contribution in [0.25, 0.3) is 10.2 Å². The van der Waals surface area contributed by atoms with Crippen molar-refractivity contribution >= 4 is 44.9 Å². The first-order valence-electron chi connectivity index (χ1n) is 14.6. The van der Waals surface area contributed by atoms with Gasteiger partial charge in [-0.05, 0) is 36.5 Å². The van der Waals surface area contributed by atoms with Crippen LogP contribution in [0.4, 0.5) is 10.2 Å². The number of likely N-dealkylation sites (tertiary alicyclic amines) is 1. The van der Waals surface area contributed by atoms with Crippen molar-refractivity contribution in [1.29, 1.82) is 0 Å². The van der Waals surface area contributed by atoms with Crippen LogP contribution in [0.5, 0.6) is 0 Å². The van der Waals surface area contributed by atoms with Gasteiger partial charge in [-0.1, -0.05) is 17.7 Å². The number of aromatic nitrogens is 2. The van der Waals surface area contributed by atoms with E-state index in [2.05, 4.69) is 9.97 Å². The topological polar surface area (TPSA) is 70.2 Å². The van der Waals surface area contributed by atoms with Gasteiger partial charge in [-0.3, -0.25) is 9.69 Å². The fourth-order valence-corrected chi connectivity index (χ4v) is 3.57. The van der Waals surface area contributed by atoms with Gasteiger partial charge in [0, 0.05) is 43.6 Å². The molecule has 4 rings (SSSR count). The number of thiophene rings is 1. The van der Waals surface area contributed by atoms with E-state index in [1.54, 1.807) is 0 Å². The maximum Gasteiger partial charge on any atom is 0.254 e. The zero-order valence-corrected chi connectivity index (χ0v) is 16.1. The molecule has 0 spiro atoms. The standard InChI is InChI=1S/C20H21ClFN5OS/c1-23-19(28)14-8-12(2-3-16(14)22)10-27-6-4-13(5-7-27)26-18-15-9-17(21)29-20(15)25-11-24-18/h2-3,8-9,11,13H,4-7,10H2,1H3,(H,23,28)(H,24,25,26)/i1D3,4D2,5D2,9D,10D,11D,13D/hD2. The Bertz CT molecular complexity index is 1540. The van der Waals surface area contributed by atoms with Crippen LogP contribution in [-0.4, -0.2) is 46.9 Å². The van der Waals surface area contributed by atoms with Crippen LogP contribution in [0.3, 0.4) is 0 Å². The van der Waals surface area contributed by atoms with E-state index >= 15 is 0 Å². The number of piperidine rings is 1. The summed E-state index contributed by atoms with van der Waals surface area (Å²) >= 11 is 6.82. The molecule has 152 valence electrons. The second-order valence-electron chi connectivity index (χ2n) is 5.83. The smallest absolute Gasteiger partial charge is 0.254 e. The Hall–Kier alpha value is -2.29. The fourth-order valence-electron chi connectivity index (χ4n) is 2.60. The van der Waals surface area contributed by atoms with Crippen LogP contribution in [-0.2, 0) is 6.52 Å². The van der Waals surface area contributed by atoms with E-state index in [0.717, 1.165) is 34.4 Å². The Kier molecular flexibility index (Phi) is 2.87. The number of nitrogens with one attached hydrogen (secondary N) is 2. The maximum absolute atomic E-state index is 14.4. The fraction of sp³-hybridized carbons (Fsp3) is 0.350. The van der Waals surface area contributed by atoms with Gasteiger partial charge < -0.3 is 10.6 Å². The summed E-state index contributed by atoms with van der Waals surface area (Å²) in [5, 5.41) is -0.420. The van der Waals surface area contributed by atoms with Crippen molar-refractivity contribution in [2.75, 3.05) is 25.4 Å². The second-order valence-corrected chi connectivity index (χ2v) is 7.43. The summed E-state index contributed by atoms with van der Waals surface area (Å²) in [6.45, 7) is -6.50. The Balaban J connectivity index is 1.71. The van der Waals surface area contributed by atoms with Crippen molar-refractivity contribution in [3.63, 3.8) is 0 Å². The zero-order chi connectivity index (χ0) is 31.7. The number of hydrogen-bond acceptors (Lipinski definition) is 6. The highest BCUT2D eigenvalue weighted by Gasteiger charge is 2.21. The maximum atomic E-state index is 14.4. The third-order valence-corrected chi connectivity index (χ3v) is 5.02. The lowest BCUT2D eigenvalue weighted by Crippen LogP contribution is -2.38. The monoisotopic (exact) mass is 446 g/mol. The van der Waals surface area contributed by atoms with Gasteiger partial charge in [0.05, 0.1) is 18.0 Å². The summed E-state index contributed by atoms with van der Waals surface area (Å²) in [5.74, 6) is -3.27. The first-order valence-corrected chi connectivity index (χ1v) is 9.35. The SMILES string of the molecule is [2H]c1nc(N([2H])C2([2H])C([2H])([2H])CN(C([2H])c3ccc(F)c(C(=O)N([2H])C([2H])([2H])[2H])c3)CC2([2H])[2H])c2c([2H])c(Cl)sc2n1. The molecular weight excluding hydrogens is 413 g/mol. The molecule has 1 aromatic carbocycles. The number of benzene rings is 1. The van der Waals surface area contributed by atoms with Gasteiger partial charge in [-0.15, -0.1) is 11.3 Å². The van der Waals surface area contributed by atoms with E-state index in [1.807, 2.05) is 0 Å².